The number of carbonyl (C=O) groups excluding carboxylic acids is 5. The Labute approximate surface area is 148 Å². The molecule has 1 aliphatic rings. The largest absolute Gasteiger partial charge is 0.334 e. The number of unbranched alkanes of at least 4 members (excludes halogenated alkanes) is 1. The lowest BCUT2D eigenvalue weighted by atomic mass is 10.3. The van der Waals surface area contributed by atoms with Gasteiger partial charge in [-0.15, -0.1) is 0 Å². The van der Waals surface area contributed by atoms with Crippen molar-refractivity contribution in [2.75, 3.05) is 18.4 Å². The number of benzene rings is 1. The SMILES string of the molecule is CCCCN1C(=O)C(=O)N(CC(=O)NC(=O)Nc2ccccc2F)C1=O. The number of para-hydroxylation sites is 1. The van der Waals surface area contributed by atoms with E-state index >= 15 is 0 Å². The standard InChI is InChI=1S/C16H17FN4O5/c1-2-3-8-20-13(23)14(24)21(16(20)26)9-12(22)19-15(25)18-11-7-5-4-6-10(11)17/h4-7H,2-3,8-9H2,1H3,(H2,18,19,22,25). The Bertz CT molecular complexity index is 767. The molecule has 1 heterocycles. The van der Waals surface area contributed by atoms with Crippen molar-refractivity contribution >= 4 is 35.5 Å². The van der Waals surface area contributed by atoms with Crippen LogP contribution in [0, 0.1) is 5.82 Å². The summed E-state index contributed by atoms with van der Waals surface area (Å²) >= 11 is 0. The summed E-state index contributed by atoms with van der Waals surface area (Å²) in [7, 11) is 0. The fourth-order valence-corrected chi connectivity index (χ4v) is 2.23. The van der Waals surface area contributed by atoms with Gasteiger partial charge in [0, 0.05) is 6.54 Å². The first-order valence-electron chi connectivity index (χ1n) is 7.87. The highest BCUT2D eigenvalue weighted by molar-refractivity contribution is 6.45. The lowest BCUT2D eigenvalue weighted by Crippen LogP contribution is -2.44. The maximum absolute atomic E-state index is 13.4. The summed E-state index contributed by atoms with van der Waals surface area (Å²) < 4.78 is 13.4. The van der Waals surface area contributed by atoms with Crippen LogP contribution in [0.5, 0.6) is 0 Å². The Morgan fingerprint density at radius 1 is 1.08 bits per heavy atom. The van der Waals surface area contributed by atoms with Crippen molar-refractivity contribution in [1.82, 2.24) is 15.1 Å². The molecule has 2 rings (SSSR count). The summed E-state index contributed by atoms with van der Waals surface area (Å²) in [6.45, 7) is 1.13. The first kappa shape index (κ1) is 19.0. The summed E-state index contributed by atoms with van der Waals surface area (Å²) in [5, 5.41) is 3.99. The lowest BCUT2D eigenvalue weighted by Gasteiger charge is -2.15. The van der Waals surface area contributed by atoms with Gasteiger partial charge in [-0.3, -0.25) is 24.6 Å². The minimum absolute atomic E-state index is 0.0752. The van der Waals surface area contributed by atoms with Crippen LogP contribution in [0.2, 0.25) is 0 Å². The van der Waals surface area contributed by atoms with E-state index in [0.717, 1.165) is 11.0 Å². The molecule has 138 valence electrons. The summed E-state index contributed by atoms with van der Waals surface area (Å²) in [6, 6.07) is 3.38. The van der Waals surface area contributed by atoms with Gasteiger partial charge in [-0.05, 0) is 18.6 Å². The van der Waals surface area contributed by atoms with Crippen LogP contribution in [0.4, 0.5) is 19.7 Å². The third-order valence-electron chi connectivity index (χ3n) is 3.55. The molecule has 0 aromatic heterocycles. The number of hydrogen-bond donors (Lipinski definition) is 2. The maximum Gasteiger partial charge on any atom is 0.334 e. The number of halogens is 1. The van der Waals surface area contributed by atoms with Crippen LogP contribution in [0.15, 0.2) is 24.3 Å². The van der Waals surface area contributed by atoms with E-state index in [-0.39, 0.29) is 12.2 Å². The van der Waals surface area contributed by atoms with Crippen molar-refractivity contribution in [1.29, 1.82) is 0 Å². The summed E-state index contributed by atoms with van der Waals surface area (Å²) in [4.78, 5) is 60.5. The normalized spacial score (nSPS) is 14.0. The van der Waals surface area contributed by atoms with Crippen LogP contribution in [0.3, 0.4) is 0 Å². The Kier molecular flexibility index (Phi) is 5.99. The van der Waals surface area contributed by atoms with E-state index in [4.69, 9.17) is 0 Å². The molecule has 0 radical (unpaired) electrons. The number of anilines is 1. The highest BCUT2D eigenvalue weighted by atomic mass is 19.1. The molecule has 0 saturated carbocycles. The van der Waals surface area contributed by atoms with Crippen LogP contribution in [-0.2, 0) is 14.4 Å². The van der Waals surface area contributed by atoms with Crippen LogP contribution >= 0.6 is 0 Å². The Balaban J connectivity index is 1.93. The van der Waals surface area contributed by atoms with Gasteiger partial charge < -0.3 is 5.32 Å². The van der Waals surface area contributed by atoms with E-state index in [1.807, 2.05) is 12.2 Å². The Morgan fingerprint density at radius 2 is 1.73 bits per heavy atom. The Morgan fingerprint density at radius 3 is 2.38 bits per heavy atom. The molecule has 9 nitrogen and oxygen atoms in total. The van der Waals surface area contributed by atoms with Crippen molar-refractivity contribution in [3.8, 4) is 0 Å². The van der Waals surface area contributed by atoms with Gasteiger partial charge in [0.25, 0.3) is 0 Å². The number of nitrogens with one attached hydrogen (secondary N) is 2. The molecule has 1 fully saturated rings. The van der Waals surface area contributed by atoms with E-state index in [1.165, 1.54) is 18.2 Å². The highest BCUT2D eigenvalue weighted by Crippen LogP contribution is 2.13. The van der Waals surface area contributed by atoms with Gasteiger partial charge in [-0.2, -0.15) is 0 Å². The molecule has 0 spiro atoms. The molecule has 0 aliphatic carbocycles. The summed E-state index contributed by atoms with van der Waals surface area (Å²) in [5.41, 5.74) is -0.146. The van der Waals surface area contributed by atoms with E-state index in [2.05, 4.69) is 5.32 Å². The smallest absolute Gasteiger partial charge is 0.305 e. The van der Waals surface area contributed by atoms with Gasteiger partial charge in [0.2, 0.25) is 5.91 Å². The number of urea groups is 2. The van der Waals surface area contributed by atoms with E-state index in [0.29, 0.717) is 17.7 Å². The van der Waals surface area contributed by atoms with Gasteiger partial charge in [0.1, 0.15) is 12.4 Å². The van der Waals surface area contributed by atoms with Gasteiger partial charge >= 0.3 is 23.9 Å². The monoisotopic (exact) mass is 364 g/mol. The minimum atomic E-state index is -1.13. The van der Waals surface area contributed by atoms with Gasteiger partial charge in [0.15, 0.2) is 0 Å². The van der Waals surface area contributed by atoms with Crippen LogP contribution in [0.25, 0.3) is 0 Å². The second-order valence-electron chi connectivity index (χ2n) is 5.47. The number of imide groups is 3. The molecule has 10 heteroatoms. The van der Waals surface area contributed by atoms with Crippen molar-refractivity contribution in [3.63, 3.8) is 0 Å². The third kappa shape index (κ3) is 4.21. The molecule has 1 aromatic rings. The molecule has 0 unspecified atom stereocenters. The van der Waals surface area contributed by atoms with Gasteiger partial charge in [0.05, 0.1) is 5.69 Å². The van der Waals surface area contributed by atoms with Crippen LogP contribution < -0.4 is 10.6 Å². The fourth-order valence-electron chi connectivity index (χ4n) is 2.23. The molecule has 26 heavy (non-hydrogen) atoms. The molecule has 0 atom stereocenters. The van der Waals surface area contributed by atoms with Crippen molar-refractivity contribution in [3.05, 3.63) is 30.1 Å². The molecular weight excluding hydrogens is 347 g/mol. The van der Waals surface area contributed by atoms with Gasteiger partial charge in [-0.25, -0.2) is 18.9 Å². The molecule has 1 aliphatic heterocycles. The fraction of sp³-hybridized carbons (Fsp3) is 0.312. The Hall–Kier alpha value is -3.30. The van der Waals surface area contributed by atoms with Crippen LogP contribution in [0.1, 0.15) is 19.8 Å². The second-order valence-corrected chi connectivity index (χ2v) is 5.47. The highest BCUT2D eigenvalue weighted by Gasteiger charge is 2.44. The summed E-state index contributed by atoms with van der Waals surface area (Å²) in [6.07, 6.45) is 1.23. The topological polar surface area (TPSA) is 116 Å². The predicted octanol–water partition coefficient (Wildman–Crippen LogP) is 1.06. The average Bonchev–Trinajstić information content (AvgIpc) is 2.79. The molecule has 0 bridgehead atoms. The first-order chi connectivity index (χ1) is 12.3. The number of hydrogen-bond acceptors (Lipinski definition) is 5. The molecule has 1 aromatic carbocycles. The number of rotatable bonds is 6. The first-order valence-corrected chi connectivity index (χ1v) is 7.87. The van der Waals surface area contributed by atoms with Crippen molar-refractivity contribution in [2.45, 2.75) is 19.8 Å². The predicted molar refractivity (Wildman–Crippen MR) is 87.3 cm³/mol. The van der Waals surface area contributed by atoms with Crippen molar-refractivity contribution < 1.29 is 28.4 Å². The van der Waals surface area contributed by atoms with E-state index in [1.54, 1.807) is 0 Å². The van der Waals surface area contributed by atoms with E-state index in [9.17, 15) is 28.4 Å². The molecular formula is C16H17FN4O5. The zero-order valence-electron chi connectivity index (χ0n) is 14.0. The quantitative estimate of drug-likeness (QED) is 0.578. The summed E-state index contributed by atoms with van der Waals surface area (Å²) in [5.74, 6) is -3.83. The second kappa shape index (κ2) is 8.19. The van der Waals surface area contributed by atoms with Gasteiger partial charge in [-0.1, -0.05) is 25.5 Å². The number of carbonyl (C=O) groups is 5. The van der Waals surface area contributed by atoms with Crippen LogP contribution in [-0.4, -0.2) is 52.7 Å². The average molecular weight is 364 g/mol. The zero-order valence-corrected chi connectivity index (χ0v) is 14.0. The molecule has 7 amide bonds. The minimum Gasteiger partial charge on any atom is -0.305 e. The third-order valence-corrected chi connectivity index (χ3v) is 3.55. The molecule has 2 N–H and O–H groups in total. The lowest BCUT2D eigenvalue weighted by molar-refractivity contribution is -0.143. The number of nitrogens with zero attached hydrogens (tertiary/aromatic N) is 2. The molecule has 1 saturated heterocycles. The zero-order chi connectivity index (χ0) is 19.3. The maximum atomic E-state index is 13.4. The van der Waals surface area contributed by atoms with Crippen molar-refractivity contribution in [2.24, 2.45) is 0 Å². The van der Waals surface area contributed by atoms with E-state index < -0.39 is 42.1 Å². The number of amides is 7.